The van der Waals surface area contributed by atoms with Crippen molar-refractivity contribution in [3.05, 3.63) is 24.3 Å². The van der Waals surface area contributed by atoms with Gasteiger partial charge in [0.05, 0.1) is 5.92 Å². The molecule has 20 heavy (non-hydrogen) atoms. The number of carbonyl (C=O) groups is 2. The maximum Gasteiger partial charge on any atom is 0.341 e. The number of benzene rings is 1. The molecule has 2 unspecified atom stereocenters. The number of anilines is 1. The van der Waals surface area contributed by atoms with Crippen molar-refractivity contribution < 1.29 is 19.4 Å². The second-order valence-electron chi connectivity index (χ2n) is 4.90. The lowest BCUT2D eigenvalue weighted by Crippen LogP contribution is -2.34. The number of ether oxygens (including phenoxy) is 1. The lowest BCUT2D eigenvalue weighted by atomic mass is 10.0. The Morgan fingerprint density at radius 2 is 2.20 bits per heavy atom. The van der Waals surface area contributed by atoms with Crippen LogP contribution in [0.25, 0.3) is 0 Å². The van der Waals surface area contributed by atoms with Crippen LogP contribution in [0.2, 0.25) is 0 Å². The van der Waals surface area contributed by atoms with Crippen molar-refractivity contribution in [3.63, 3.8) is 0 Å². The van der Waals surface area contributed by atoms with Gasteiger partial charge in [0, 0.05) is 17.8 Å². The molecule has 1 amide bonds. The Balaban J connectivity index is 1.96. The zero-order valence-electron chi connectivity index (χ0n) is 11.0. The molecule has 1 saturated carbocycles. The number of aliphatic carboxylic acids is 1. The molecule has 0 saturated heterocycles. The number of carboxylic acids is 1. The minimum absolute atomic E-state index is 0.0820. The Bertz CT molecular complexity index is 504. The average molecular weight is 278 g/mol. The molecule has 6 nitrogen and oxygen atoms in total. The molecular weight excluding hydrogens is 260 g/mol. The number of hydrogen-bond acceptors (Lipinski definition) is 4. The number of carbonyl (C=O) groups excluding carboxylic acids is 1. The largest absolute Gasteiger partial charge is 0.482 e. The molecule has 1 fully saturated rings. The third-order valence-electron chi connectivity index (χ3n) is 3.37. The van der Waals surface area contributed by atoms with Crippen molar-refractivity contribution in [1.29, 1.82) is 0 Å². The van der Waals surface area contributed by atoms with Gasteiger partial charge in [0.25, 0.3) is 0 Å². The zero-order valence-corrected chi connectivity index (χ0v) is 11.0. The van der Waals surface area contributed by atoms with E-state index in [0.717, 1.165) is 19.3 Å². The summed E-state index contributed by atoms with van der Waals surface area (Å²) in [6, 6.07) is 6.58. The van der Waals surface area contributed by atoms with Crippen molar-refractivity contribution in [2.75, 3.05) is 11.9 Å². The first-order chi connectivity index (χ1) is 9.56. The van der Waals surface area contributed by atoms with Crippen LogP contribution in [-0.2, 0) is 9.59 Å². The molecule has 0 radical (unpaired) electrons. The summed E-state index contributed by atoms with van der Waals surface area (Å²) in [5, 5.41) is 11.3. The van der Waals surface area contributed by atoms with Gasteiger partial charge in [-0.1, -0.05) is 12.5 Å². The average Bonchev–Trinajstić information content (AvgIpc) is 2.83. The van der Waals surface area contributed by atoms with Crippen LogP contribution in [0.4, 0.5) is 5.69 Å². The van der Waals surface area contributed by atoms with Crippen molar-refractivity contribution in [2.24, 2.45) is 11.7 Å². The molecule has 1 aromatic rings. The summed E-state index contributed by atoms with van der Waals surface area (Å²) in [6.45, 7) is -0.412. The van der Waals surface area contributed by atoms with Gasteiger partial charge in [-0.25, -0.2) is 4.79 Å². The first-order valence-corrected chi connectivity index (χ1v) is 6.57. The predicted molar refractivity (Wildman–Crippen MR) is 73.5 cm³/mol. The van der Waals surface area contributed by atoms with Crippen LogP contribution in [0, 0.1) is 5.92 Å². The summed E-state index contributed by atoms with van der Waals surface area (Å²) >= 11 is 0. The van der Waals surface area contributed by atoms with Gasteiger partial charge in [0.2, 0.25) is 5.91 Å². The van der Waals surface area contributed by atoms with E-state index in [2.05, 4.69) is 5.32 Å². The minimum atomic E-state index is -1.05. The topological polar surface area (TPSA) is 102 Å². The molecule has 4 N–H and O–H groups in total. The molecule has 1 aromatic carbocycles. The number of amides is 1. The Kier molecular flexibility index (Phi) is 4.57. The van der Waals surface area contributed by atoms with E-state index >= 15 is 0 Å². The SMILES string of the molecule is NC1CCCC1C(=O)Nc1cccc(OCC(=O)O)c1. The second-order valence-corrected chi connectivity index (χ2v) is 4.90. The third kappa shape index (κ3) is 3.71. The van der Waals surface area contributed by atoms with Crippen LogP contribution in [0.15, 0.2) is 24.3 Å². The van der Waals surface area contributed by atoms with Gasteiger partial charge in [0.15, 0.2) is 6.61 Å². The van der Waals surface area contributed by atoms with Gasteiger partial charge in [-0.15, -0.1) is 0 Å². The third-order valence-corrected chi connectivity index (χ3v) is 3.37. The fraction of sp³-hybridized carbons (Fsp3) is 0.429. The van der Waals surface area contributed by atoms with E-state index in [1.54, 1.807) is 24.3 Å². The smallest absolute Gasteiger partial charge is 0.341 e. The van der Waals surface area contributed by atoms with E-state index in [1.807, 2.05) is 0 Å². The summed E-state index contributed by atoms with van der Waals surface area (Å²) in [4.78, 5) is 22.5. The van der Waals surface area contributed by atoms with Gasteiger partial charge in [-0.3, -0.25) is 4.79 Å². The monoisotopic (exact) mass is 278 g/mol. The maximum absolute atomic E-state index is 12.1. The molecule has 0 heterocycles. The van der Waals surface area contributed by atoms with Crippen LogP contribution in [0.5, 0.6) is 5.75 Å². The van der Waals surface area contributed by atoms with Crippen LogP contribution in [-0.4, -0.2) is 29.6 Å². The molecule has 0 bridgehead atoms. The highest BCUT2D eigenvalue weighted by molar-refractivity contribution is 5.93. The van der Waals surface area contributed by atoms with Crippen molar-refractivity contribution in [1.82, 2.24) is 0 Å². The predicted octanol–water partition coefficient (Wildman–Crippen LogP) is 1.22. The van der Waals surface area contributed by atoms with Gasteiger partial charge in [-0.2, -0.15) is 0 Å². The van der Waals surface area contributed by atoms with Crippen molar-refractivity contribution in [3.8, 4) is 5.75 Å². The number of carboxylic acid groups (broad SMARTS) is 1. The lowest BCUT2D eigenvalue weighted by molar-refractivity contribution is -0.139. The standard InChI is InChI=1S/C14H18N2O4/c15-12-6-2-5-11(12)14(19)16-9-3-1-4-10(7-9)20-8-13(17)18/h1,3-4,7,11-12H,2,5-6,8,15H2,(H,16,19)(H,17,18). The van der Waals surface area contributed by atoms with Crippen molar-refractivity contribution in [2.45, 2.75) is 25.3 Å². The molecule has 1 aliphatic rings. The molecule has 108 valence electrons. The Hall–Kier alpha value is -2.08. The van der Waals surface area contributed by atoms with Crippen molar-refractivity contribution >= 4 is 17.6 Å². The van der Waals surface area contributed by atoms with E-state index in [-0.39, 0.29) is 17.9 Å². The fourth-order valence-electron chi connectivity index (χ4n) is 2.36. The molecule has 6 heteroatoms. The maximum atomic E-state index is 12.1. The molecule has 2 rings (SSSR count). The van der Waals surface area contributed by atoms with Crippen LogP contribution in [0.1, 0.15) is 19.3 Å². The molecule has 1 aliphatic carbocycles. The molecule has 0 aromatic heterocycles. The van der Waals surface area contributed by atoms with Gasteiger partial charge >= 0.3 is 5.97 Å². The summed E-state index contributed by atoms with van der Waals surface area (Å²) in [7, 11) is 0. The zero-order chi connectivity index (χ0) is 14.5. The van der Waals surface area contributed by atoms with E-state index in [0.29, 0.717) is 11.4 Å². The minimum Gasteiger partial charge on any atom is -0.482 e. The summed E-state index contributed by atoms with van der Waals surface area (Å²) in [5.74, 6) is -0.888. The highest BCUT2D eigenvalue weighted by atomic mass is 16.5. The van der Waals surface area contributed by atoms with Gasteiger partial charge < -0.3 is 20.9 Å². The number of rotatable bonds is 5. The lowest BCUT2D eigenvalue weighted by Gasteiger charge is -2.15. The van der Waals surface area contributed by atoms with E-state index in [9.17, 15) is 9.59 Å². The first kappa shape index (κ1) is 14.3. The van der Waals surface area contributed by atoms with Gasteiger partial charge in [-0.05, 0) is 25.0 Å². The Labute approximate surface area is 116 Å². The summed E-state index contributed by atoms with van der Waals surface area (Å²) in [5.41, 5.74) is 6.47. The Morgan fingerprint density at radius 3 is 2.85 bits per heavy atom. The summed E-state index contributed by atoms with van der Waals surface area (Å²) in [6.07, 6.45) is 2.66. The quantitative estimate of drug-likeness (QED) is 0.751. The van der Waals surface area contributed by atoms with E-state index < -0.39 is 12.6 Å². The normalized spacial score (nSPS) is 21.4. The van der Waals surface area contributed by atoms with E-state index in [4.69, 9.17) is 15.6 Å². The summed E-state index contributed by atoms with van der Waals surface area (Å²) < 4.78 is 5.06. The first-order valence-electron chi connectivity index (χ1n) is 6.57. The van der Waals surface area contributed by atoms with Crippen LogP contribution >= 0.6 is 0 Å². The number of nitrogens with two attached hydrogens (primary N) is 1. The fourth-order valence-corrected chi connectivity index (χ4v) is 2.36. The highest BCUT2D eigenvalue weighted by Gasteiger charge is 2.30. The highest BCUT2D eigenvalue weighted by Crippen LogP contribution is 2.26. The molecule has 2 atom stereocenters. The Morgan fingerprint density at radius 1 is 1.40 bits per heavy atom. The molecule has 0 aliphatic heterocycles. The molecule has 0 spiro atoms. The van der Waals surface area contributed by atoms with Crippen LogP contribution in [0.3, 0.4) is 0 Å². The van der Waals surface area contributed by atoms with Gasteiger partial charge in [0.1, 0.15) is 5.75 Å². The van der Waals surface area contributed by atoms with Crippen LogP contribution < -0.4 is 15.8 Å². The number of hydrogen-bond donors (Lipinski definition) is 3. The molecular formula is C14H18N2O4. The number of nitrogens with one attached hydrogen (secondary N) is 1. The second kappa shape index (κ2) is 6.38. The van der Waals surface area contributed by atoms with E-state index in [1.165, 1.54) is 0 Å².